The molecule has 0 unspecified atom stereocenters. The van der Waals surface area contributed by atoms with Gasteiger partial charge in [0.15, 0.2) is 0 Å². The number of benzene rings is 1. The summed E-state index contributed by atoms with van der Waals surface area (Å²) in [5.41, 5.74) is 3.38. The molecule has 2 N–H and O–H groups in total. The van der Waals surface area contributed by atoms with Crippen LogP contribution in [0.2, 0.25) is 0 Å². The quantitative estimate of drug-likeness (QED) is 0.884. The maximum Gasteiger partial charge on any atom is 0.277 e. The Bertz CT molecular complexity index is 521. The zero-order valence-corrected chi connectivity index (χ0v) is 11.0. The number of nitrogens with two attached hydrogens (primary N) is 1. The predicted octanol–water partition coefficient (Wildman–Crippen LogP) is 1.47. The van der Waals surface area contributed by atoms with Crippen LogP contribution in [0.3, 0.4) is 0 Å². The summed E-state index contributed by atoms with van der Waals surface area (Å²) < 4.78 is 24.3. The maximum absolute atomic E-state index is 11.5. The molecular formula is C12H18N2O2S. The van der Waals surface area contributed by atoms with Crippen LogP contribution in [-0.2, 0) is 16.8 Å². The van der Waals surface area contributed by atoms with Crippen molar-refractivity contribution >= 4 is 10.2 Å². The molecule has 1 saturated carbocycles. The Labute approximate surface area is 103 Å². The van der Waals surface area contributed by atoms with Gasteiger partial charge in [0.2, 0.25) is 0 Å². The Morgan fingerprint density at radius 3 is 2.41 bits per heavy atom. The molecule has 0 radical (unpaired) electrons. The molecule has 1 fully saturated rings. The first kappa shape index (κ1) is 12.5. The third-order valence-corrected chi connectivity index (χ3v) is 4.27. The van der Waals surface area contributed by atoms with Crippen molar-refractivity contribution in [3.05, 3.63) is 34.9 Å². The molecule has 0 bridgehead atoms. The van der Waals surface area contributed by atoms with Gasteiger partial charge in [-0.3, -0.25) is 0 Å². The molecule has 0 amide bonds. The molecule has 17 heavy (non-hydrogen) atoms. The van der Waals surface area contributed by atoms with E-state index in [1.807, 2.05) is 32.0 Å². The summed E-state index contributed by atoms with van der Waals surface area (Å²) in [5, 5.41) is 5.23. The van der Waals surface area contributed by atoms with Gasteiger partial charge in [-0.2, -0.15) is 12.7 Å². The normalized spacial score (nSPS) is 16.5. The van der Waals surface area contributed by atoms with Crippen molar-refractivity contribution in [1.29, 1.82) is 0 Å². The van der Waals surface area contributed by atoms with Crippen molar-refractivity contribution in [2.75, 3.05) is 0 Å². The van der Waals surface area contributed by atoms with Crippen LogP contribution >= 0.6 is 0 Å². The highest BCUT2D eigenvalue weighted by molar-refractivity contribution is 7.86. The standard InChI is InChI=1S/C12H18N2O2S/c1-9-3-4-11(7-10(9)2)8-14(12-5-6-12)17(13,15)16/h3-4,7,12H,5-6,8H2,1-2H3,(H2,13,15,16). The maximum atomic E-state index is 11.5. The lowest BCUT2D eigenvalue weighted by Crippen LogP contribution is -2.37. The third-order valence-electron chi connectivity index (χ3n) is 3.19. The monoisotopic (exact) mass is 254 g/mol. The summed E-state index contributed by atoms with van der Waals surface area (Å²) in [6, 6.07) is 6.10. The van der Waals surface area contributed by atoms with E-state index in [1.54, 1.807) is 0 Å². The molecule has 0 heterocycles. The van der Waals surface area contributed by atoms with Gasteiger partial charge < -0.3 is 0 Å². The lowest BCUT2D eigenvalue weighted by atomic mass is 10.1. The molecule has 1 aromatic rings. The first-order valence-corrected chi connectivity index (χ1v) is 7.24. The van der Waals surface area contributed by atoms with E-state index in [4.69, 9.17) is 5.14 Å². The van der Waals surface area contributed by atoms with Crippen LogP contribution in [-0.4, -0.2) is 18.8 Å². The SMILES string of the molecule is Cc1ccc(CN(C2CC2)S(N)(=O)=O)cc1C. The molecule has 1 aliphatic rings. The summed E-state index contributed by atoms with van der Waals surface area (Å²) >= 11 is 0. The van der Waals surface area contributed by atoms with Crippen molar-refractivity contribution in [2.24, 2.45) is 5.14 Å². The van der Waals surface area contributed by atoms with Gasteiger partial charge in [0.1, 0.15) is 0 Å². The van der Waals surface area contributed by atoms with Crippen LogP contribution < -0.4 is 5.14 Å². The van der Waals surface area contributed by atoms with Crippen molar-refractivity contribution in [1.82, 2.24) is 4.31 Å². The van der Waals surface area contributed by atoms with E-state index >= 15 is 0 Å². The summed E-state index contributed by atoms with van der Waals surface area (Å²) in [6.07, 6.45) is 1.84. The van der Waals surface area contributed by atoms with E-state index in [0.29, 0.717) is 6.54 Å². The molecule has 94 valence electrons. The molecule has 0 aliphatic heterocycles. The summed E-state index contributed by atoms with van der Waals surface area (Å²) in [5.74, 6) is 0. The second-order valence-electron chi connectivity index (χ2n) is 4.74. The number of rotatable bonds is 4. The van der Waals surface area contributed by atoms with Crippen LogP contribution in [0, 0.1) is 13.8 Å². The minimum absolute atomic E-state index is 0.103. The van der Waals surface area contributed by atoms with Gasteiger partial charge in [-0.25, -0.2) is 5.14 Å². The largest absolute Gasteiger partial charge is 0.277 e. The Morgan fingerprint density at radius 2 is 1.94 bits per heavy atom. The van der Waals surface area contributed by atoms with Gasteiger partial charge in [-0.15, -0.1) is 0 Å². The zero-order chi connectivity index (χ0) is 12.6. The van der Waals surface area contributed by atoms with Crippen LogP contribution in [0.25, 0.3) is 0 Å². The van der Waals surface area contributed by atoms with Gasteiger partial charge in [0.25, 0.3) is 10.2 Å². The van der Waals surface area contributed by atoms with Crippen molar-refractivity contribution in [2.45, 2.75) is 39.3 Å². The third kappa shape index (κ3) is 3.06. The first-order chi connectivity index (χ1) is 7.88. The highest BCUT2D eigenvalue weighted by Crippen LogP contribution is 2.29. The lowest BCUT2D eigenvalue weighted by Gasteiger charge is -2.19. The van der Waals surface area contributed by atoms with Gasteiger partial charge in [-0.1, -0.05) is 18.2 Å². The summed E-state index contributed by atoms with van der Waals surface area (Å²) in [7, 11) is -3.59. The Morgan fingerprint density at radius 1 is 1.29 bits per heavy atom. The van der Waals surface area contributed by atoms with Gasteiger partial charge in [0, 0.05) is 12.6 Å². The molecule has 2 rings (SSSR count). The van der Waals surface area contributed by atoms with E-state index < -0.39 is 10.2 Å². The highest BCUT2D eigenvalue weighted by atomic mass is 32.2. The Kier molecular flexibility index (Phi) is 3.25. The number of hydrogen-bond acceptors (Lipinski definition) is 2. The summed E-state index contributed by atoms with van der Waals surface area (Å²) in [4.78, 5) is 0. The fourth-order valence-electron chi connectivity index (χ4n) is 1.87. The number of hydrogen-bond donors (Lipinski definition) is 1. The minimum Gasteiger partial charge on any atom is -0.216 e. The second-order valence-corrected chi connectivity index (χ2v) is 6.24. The highest BCUT2D eigenvalue weighted by Gasteiger charge is 2.35. The van der Waals surface area contributed by atoms with Gasteiger partial charge >= 0.3 is 0 Å². The fraction of sp³-hybridized carbons (Fsp3) is 0.500. The minimum atomic E-state index is -3.59. The van der Waals surface area contributed by atoms with E-state index in [-0.39, 0.29) is 6.04 Å². The molecule has 1 aromatic carbocycles. The molecule has 0 spiro atoms. The van der Waals surface area contributed by atoms with Crippen LogP contribution in [0.5, 0.6) is 0 Å². The van der Waals surface area contributed by atoms with E-state index in [9.17, 15) is 8.42 Å². The van der Waals surface area contributed by atoms with E-state index in [0.717, 1.165) is 18.4 Å². The van der Waals surface area contributed by atoms with Crippen molar-refractivity contribution in [3.63, 3.8) is 0 Å². The first-order valence-electron chi connectivity index (χ1n) is 5.73. The van der Waals surface area contributed by atoms with Crippen molar-refractivity contribution in [3.8, 4) is 0 Å². The number of nitrogens with zero attached hydrogens (tertiary/aromatic N) is 1. The molecule has 4 nitrogen and oxygen atoms in total. The average Bonchev–Trinajstić information content (AvgIpc) is 3.01. The van der Waals surface area contributed by atoms with E-state index in [2.05, 4.69) is 0 Å². The zero-order valence-electron chi connectivity index (χ0n) is 10.2. The molecule has 1 aliphatic carbocycles. The van der Waals surface area contributed by atoms with Crippen LogP contribution in [0.4, 0.5) is 0 Å². The van der Waals surface area contributed by atoms with Gasteiger partial charge in [-0.05, 0) is 43.4 Å². The molecule has 5 heteroatoms. The number of aryl methyl sites for hydroxylation is 2. The molecule has 0 atom stereocenters. The Hall–Kier alpha value is -0.910. The topological polar surface area (TPSA) is 63.4 Å². The van der Waals surface area contributed by atoms with Gasteiger partial charge in [0.05, 0.1) is 0 Å². The van der Waals surface area contributed by atoms with Crippen LogP contribution in [0.15, 0.2) is 18.2 Å². The second kappa shape index (κ2) is 4.40. The molecule has 0 saturated heterocycles. The summed E-state index contributed by atoms with van der Waals surface area (Å²) in [6.45, 7) is 4.44. The molecular weight excluding hydrogens is 236 g/mol. The lowest BCUT2D eigenvalue weighted by molar-refractivity contribution is 0.399. The van der Waals surface area contributed by atoms with Crippen LogP contribution in [0.1, 0.15) is 29.5 Å². The Balaban J connectivity index is 2.20. The average molecular weight is 254 g/mol. The predicted molar refractivity (Wildman–Crippen MR) is 67.6 cm³/mol. The van der Waals surface area contributed by atoms with Crippen molar-refractivity contribution < 1.29 is 8.42 Å². The fourth-order valence-corrected chi connectivity index (χ4v) is 2.83. The molecule has 0 aromatic heterocycles. The van der Waals surface area contributed by atoms with E-state index in [1.165, 1.54) is 15.4 Å². The smallest absolute Gasteiger partial charge is 0.216 e.